The fourth-order valence-corrected chi connectivity index (χ4v) is 2.82. The van der Waals surface area contributed by atoms with Gasteiger partial charge in [0.15, 0.2) is 5.82 Å². The van der Waals surface area contributed by atoms with Crippen molar-refractivity contribution in [3.05, 3.63) is 40.1 Å². The maximum atomic E-state index is 12.2. The molecule has 3 heterocycles. The average Bonchev–Trinajstić information content (AvgIpc) is 3.00. The number of fused-ring (bicyclic) bond motifs is 1. The van der Waals surface area contributed by atoms with E-state index in [1.807, 2.05) is 6.92 Å². The zero-order valence-corrected chi connectivity index (χ0v) is 12.6. The van der Waals surface area contributed by atoms with Crippen molar-refractivity contribution < 1.29 is 4.79 Å². The number of hydrogen-bond acceptors (Lipinski definition) is 4. The second kappa shape index (κ2) is 5.32. The number of aromatic nitrogens is 4. The highest BCUT2D eigenvalue weighted by molar-refractivity contribution is 9.10. The van der Waals surface area contributed by atoms with Gasteiger partial charge in [0, 0.05) is 19.2 Å². The Kier molecular flexibility index (Phi) is 3.52. The van der Waals surface area contributed by atoms with E-state index in [-0.39, 0.29) is 11.9 Å². The molecule has 104 valence electrons. The number of carbonyl (C=O) groups is 1. The van der Waals surface area contributed by atoms with E-state index in [1.54, 1.807) is 18.3 Å². The van der Waals surface area contributed by atoms with Crippen molar-refractivity contribution in [2.24, 2.45) is 0 Å². The van der Waals surface area contributed by atoms with Gasteiger partial charge in [0.25, 0.3) is 5.91 Å². The Balaban J connectivity index is 1.77. The maximum absolute atomic E-state index is 12.2. The van der Waals surface area contributed by atoms with Crippen molar-refractivity contribution in [2.75, 3.05) is 0 Å². The lowest BCUT2D eigenvalue weighted by Gasteiger charge is -2.14. The molecule has 1 atom stereocenters. The third-order valence-electron chi connectivity index (χ3n) is 3.38. The van der Waals surface area contributed by atoms with Gasteiger partial charge in [-0.25, -0.2) is 4.98 Å². The summed E-state index contributed by atoms with van der Waals surface area (Å²) in [5.74, 6) is 1.64. The van der Waals surface area contributed by atoms with E-state index in [9.17, 15) is 4.79 Å². The van der Waals surface area contributed by atoms with Crippen molar-refractivity contribution in [3.8, 4) is 0 Å². The topological polar surface area (TPSA) is 72.7 Å². The zero-order valence-electron chi connectivity index (χ0n) is 11.0. The van der Waals surface area contributed by atoms with Gasteiger partial charge in [-0.2, -0.15) is 0 Å². The fourth-order valence-electron chi connectivity index (χ4n) is 2.39. The van der Waals surface area contributed by atoms with Gasteiger partial charge < -0.3 is 9.88 Å². The van der Waals surface area contributed by atoms with Crippen molar-refractivity contribution >= 4 is 21.8 Å². The van der Waals surface area contributed by atoms with Gasteiger partial charge in [-0.15, -0.1) is 10.2 Å². The van der Waals surface area contributed by atoms with E-state index < -0.39 is 0 Å². The largest absolute Gasteiger partial charge is 0.342 e. The molecule has 0 saturated heterocycles. The van der Waals surface area contributed by atoms with Gasteiger partial charge in [0.05, 0.1) is 11.6 Å². The summed E-state index contributed by atoms with van der Waals surface area (Å²) in [5.41, 5.74) is 0.514. The van der Waals surface area contributed by atoms with Crippen LogP contribution < -0.4 is 5.32 Å². The van der Waals surface area contributed by atoms with E-state index >= 15 is 0 Å². The van der Waals surface area contributed by atoms with E-state index in [0.717, 1.165) is 31.0 Å². The predicted molar refractivity (Wildman–Crippen MR) is 76.2 cm³/mol. The molecule has 1 unspecified atom stereocenters. The molecule has 1 N–H and O–H groups in total. The van der Waals surface area contributed by atoms with Crippen molar-refractivity contribution in [1.29, 1.82) is 0 Å². The number of pyridine rings is 1. The minimum absolute atomic E-state index is 0.173. The van der Waals surface area contributed by atoms with Gasteiger partial charge >= 0.3 is 0 Å². The zero-order chi connectivity index (χ0) is 14.1. The van der Waals surface area contributed by atoms with Crippen LogP contribution in [0.25, 0.3) is 0 Å². The van der Waals surface area contributed by atoms with E-state index in [0.29, 0.717) is 10.2 Å². The molecule has 0 fully saturated rings. The normalized spacial score (nSPS) is 14.9. The van der Waals surface area contributed by atoms with Gasteiger partial charge in [-0.3, -0.25) is 4.79 Å². The summed E-state index contributed by atoms with van der Waals surface area (Å²) < 4.78 is 2.62. The molecular weight excluding hydrogens is 322 g/mol. The molecular formula is C13H14BrN5O. The molecule has 0 radical (unpaired) electrons. The molecule has 2 aromatic heterocycles. The van der Waals surface area contributed by atoms with Crippen molar-refractivity contribution in [1.82, 2.24) is 25.1 Å². The van der Waals surface area contributed by atoms with Crippen LogP contribution in [0.2, 0.25) is 0 Å². The van der Waals surface area contributed by atoms with Crippen LogP contribution in [0.4, 0.5) is 0 Å². The van der Waals surface area contributed by atoms with Gasteiger partial charge in [0.1, 0.15) is 10.4 Å². The predicted octanol–water partition coefficient (Wildman–Crippen LogP) is 1.87. The summed E-state index contributed by atoms with van der Waals surface area (Å²) in [5, 5.41) is 11.3. The number of nitrogens with zero attached hydrogens (tertiary/aromatic N) is 4. The standard InChI is InChI=1S/C13H14BrN5O/c1-8(12-18-17-10-5-3-7-19(10)12)16-13(20)9-4-2-6-15-11(9)14/h2,4,6,8H,3,5,7H2,1H3,(H,16,20). The van der Waals surface area contributed by atoms with Crippen molar-refractivity contribution in [3.63, 3.8) is 0 Å². The third kappa shape index (κ3) is 2.33. The highest BCUT2D eigenvalue weighted by Crippen LogP contribution is 2.20. The second-order valence-electron chi connectivity index (χ2n) is 4.77. The number of amides is 1. The van der Waals surface area contributed by atoms with Crippen LogP contribution in [0.15, 0.2) is 22.9 Å². The Hall–Kier alpha value is -1.76. The van der Waals surface area contributed by atoms with Crippen molar-refractivity contribution in [2.45, 2.75) is 32.4 Å². The van der Waals surface area contributed by atoms with E-state index in [4.69, 9.17) is 0 Å². The lowest BCUT2D eigenvalue weighted by atomic mass is 10.2. The number of hydrogen-bond donors (Lipinski definition) is 1. The molecule has 6 nitrogen and oxygen atoms in total. The summed E-state index contributed by atoms with van der Waals surface area (Å²) in [6.45, 7) is 2.84. The molecule has 2 aromatic rings. The minimum Gasteiger partial charge on any atom is -0.342 e. The fraction of sp³-hybridized carbons (Fsp3) is 0.385. The first-order valence-corrected chi connectivity index (χ1v) is 7.29. The first-order chi connectivity index (χ1) is 9.66. The summed E-state index contributed by atoms with van der Waals surface area (Å²) in [4.78, 5) is 16.3. The van der Waals surface area contributed by atoms with Crippen LogP contribution in [0.1, 0.15) is 41.4 Å². The number of aryl methyl sites for hydroxylation is 1. The number of halogens is 1. The minimum atomic E-state index is -0.186. The van der Waals surface area contributed by atoms with E-state index in [2.05, 4.69) is 41.0 Å². The molecule has 3 rings (SSSR count). The average molecular weight is 336 g/mol. The summed E-state index contributed by atoms with van der Waals surface area (Å²) in [7, 11) is 0. The molecule has 1 aliphatic rings. The molecule has 20 heavy (non-hydrogen) atoms. The summed E-state index contributed by atoms with van der Waals surface area (Å²) in [6, 6.07) is 3.28. The lowest BCUT2D eigenvalue weighted by molar-refractivity contribution is 0.0936. The summed E-state index contributed by atoms with van der Waals surface area (Å²) >= 11 is 3.28. The van der Waals surface area contributed by atoms with Crippen LogP contribution in [0, 0.1) is 0 Å². The second-order valence-corrected chi connectivity index (χ2v) is 5.52. The highest BCUT2D eigenvalue weighted by atomic mass is 79.9. The highest BCUT2D eigenvalue weighted by Gasteiger charge is 2.23. The van der Waals surface area contributed by atoms with Crippen LogP contribution in [0.3, 0.4) is 0 Å². The Labute approximate surface area is 124 Å². The monoisotopic (exact) mass is 335 g/mol. The molecule has 0 aromatic carbocycles. The number of rotatable bonds is 3. The van der Waals surface area contributed by atoms with Gasteiger partial charge in [0.2, 0.25) is 0 Å². The molecule has 1 amide bonds. The van der Waals surface area contributed by atoms with Gasteiger partial charge in [-0.05, 0) is 41.4 Å². The molecule has 7 heteroatoms. The Morgan fingerprint density at radius 1 is 1.50 bits per heavy atom. The Bertz CT molecular complexity index is 654. The quantitative estimate of drug-likeness (QED) is 0.869. The first-order valence-electron chi connectivity index (χ1n) is 6.50. The Morgan fingerprint density at radius 3 is 3.15 bits per heavy atom. The molecule has 0 saturated carbocycles. The lowest BCUT2D eigenvalue weighted by Crippen LogP contribution is -2.29. The number of nitrogens with one attached hydrogen (secondary N) is 1. The molecule has 1 aliphatic heterocycles. The Morgan fingerprint density at radius 2 is 2.35 bits per heavy atom. The summed E-state index contributed by atoms with van der Waals surface area (Å²) in [6.07, 6.45) is 3.68. The van der Waals surface area contributed by atoms with Crippen LogP contribution in [-0.4, -0.2) is 25.7 Å². The van der Waals surface area contributed by atoms with Crippen LogP contribution >= 0.6 is 15.9 Å². The third-order valence-corrected chi connectivity index (χ3v) is 4.01. The maximum Gasteiger partial charge on any atom is 0.254 e. The molecule has 0 bridgehead atoms. The molecule has 0 spiro atoms. The number of carbonyl (C=O) groups excluding carboxylic acids is 1. The smallest absolute Gasteiger partial charge is 0.254 e. The van der Waals surface area contributed by atoms with Crippen LogP contribution in [0.5, 0.6) is 0 Å². The van der Waals surface area contributed by atoms with E-state index in [1.165, 1.54) is 0 Å². The SMILES string of the molecule is CC(NC(=O)c1cccnc1Br)c1nnc2n1CCC2. The van der Waals surface area contributed by atoms with Gasteiger partial charge in [-0.1, -0.05) is 0 Å². The van der Waals surface area contributed by atoms with Crippen LogP contribution in [-0.2, 0) is 13.0 Å². The molecule has 0 aliphatic carbocycles. The first kappa shape index (κ1) is 13.2.